The third-order valence-corrected chi connectivity index (χ3v) is 3.42. The summed E-state index contributed by atoms with van der Waals surface area (Å²) in [4.78, 5) is 0. The first-order valence-electron chi connectivity index (χ1n) is 6.84. The molecule has 0 aliphatic rings. The van der Waals surface area contributed by atoms with Gasteiger partial charge in [0.2, 0.25) is 0 Å². The second kappa shape index (κ2) is 6.51. The number of nitrogens with one attached hydrogen (secondary N) is 1. The van der Waals surface area contributed by atoms with E-state index in [1.54, 1.807) is 7.11 Å². The van der Waals surface area contributed by atoms with Crippen LogP contribution in [-0.4, -0.2) is 19.3 Å². The molecule has 0 aliphatic carbocycles. The minimum Gasteiger partial charge on any atom is -0.379 e. The predicted octanol–water partition coefficient (Wildman–Crippen LogP) is 2.74. The van der Waals surface area contributed by atoms with Crippen LogP contribution in [-0.2, 0) is 11.2 Å². The Balaban J connectivity index is 2.92. The molecule has 0 fully saturated rings. The smallest absolute Gasteiger partial charge is 0.0789 e. The second-order valence-corrected chi connectivity index (χ2v) is 6.50. The molecule has 3 heteroatoms. The molecule has 1 rings (SSSR count). The van der Waals surface area contributed by atoms with Crippen LogP contribution in [0.2, 0.25) is 0 Å². The van der Waals surface area contributed by atoms with Crippen molar-refractivity contribution in [1.29, 1.82) is 0 Å². The lowest BCUT2D eigenvalue weighted by atomic mass is 9.82. The van der Waals surface area contributed by atoms with E-state index in [1.165, 1.54) is 16.7 Å². The van der Waals surface area contributed by atoms with Crippen molar-refractivity contribution in [3.63, 3.8) is 0 Å². The van der Waals surface area contributed by atoms with Gasteiger partial charge in [-0.1, -0.05) is 50.1 Å². The van der Waals surface area contributed by atoms with Gasteiger partial charge in [0.1, 0.15) is 0 Å². The van der Waals surface area contributed by atoms with Gasteiger partial charge in [-0.25, -0.2) is 0 Å². The van der Waals surface area contributed by atoms with Crippen molar-refractivity contribution in [3.05, 3.63) is 34.9 Å². The topological polar surface area (TPSA) is 47.3 Å². The molecule has 0 heterocycles. The molecular formula is C16H28N2O. The molecule has 2 atom stereocenters. The molecule has 3 N–H and O–H groups in total. The number of ether oxygens (including phenoxy) is 1. The molecule has 108 valence electrons. The zero-order chi connectivity index (χ0) is 14.6. The quantitative estimate of drug-likeness (QED) is 0.635. The minimum atomic E-state index is 0.0463. The van der Waals surface area contributed by atoms with E-state index in [4.69, 9.17) is 10.6 Å². The maximum absolute atomic E-state index is 5.74. The summed E-state index contributed by atoms with van der Waals surface area (Å²) in [5, 5.41) is 0. The van der Waals surface area contributed by atoms with Crippen molar-refractivity contribution in [1.82, 2.24) is 5.43 Å². The number of methoxy groups -OCH3 is 1. The first kappa shape index (κ1) is 16.2. The van der Waals surface area contributed by atoms with Gasteiger partial charge in [-0.05, 0) is 31.2 Å². The zero-order valence-electron chi connectivity index (χ0n) is 13.1. The predicted molar refractivity (Wildman–Crippen MR) is 81.0 cm³/mol. The molecule has 2 unspecified atom stereocenters. The van der Waals surface area contributed by atoms with Gasteiger partial charge >= 0.3 is 0 Å². The lowest BCUT2D eigenvalue weighted by molar-refractivity contribution is -0.0110. The maximum Gasteiger partial charge on any atom is 0.0789 e. The van der Waals surface area contributed by atoms with Gasteiger partial charge in [-0.15, -0.1) is 0 Å². The second-order valence-electron chi connectivity index (χ2n) is 6.50. The Morgan fingerprint density at radius 3 is 2.05 bits per heavy atom. The molecule has 3 nitrogen and oxygen atoms in total. The highest BCUT2D eigenvalue weighted by Gasteiger charge is 2.31. The van der Waals surface area contributed by atoms with Crippen LogP contribution in [0, 0.1) is 19.3 Å². The highest BCUT2D eigenvalue weighted by Crippen LogP contribution is 2.26. The van der Waals surface area contributed by atoms with E-state index in [9.17, 15) is 0 Å². The Bertz CT molecular complexity index is 389. The standard InChI is InChI=1S/C16H28N2O/c1-11-7-12(2)9-13(8-11)10-14(18-17)15(19-6)16(3,4)5/h7-9,14-15,18H,10,17H2,1-6H3. The average molecular weight is 264 g/mol. The number of hydrazine groups is 1. The average Bonchev–Trinajstić information content (AvgIpc) is 2.25. The van der Waals surface area contributed by atoms with E-state index in [0.29, 0.717) is 0 Å². The van der Waals surface area contributed by atoms with Crippen molar-refractivity contribution in [3.8, 4) is 0 Å². The molecule has 0 radical (unpaired) electrons. The molecule has 0 spiro atoms. The van der Waals surface area contributed by atoms with Gasteiger partial charge in [-0.3, -0.25) is 11.3 Å². The lowest BCUT2D eigenvalue weighted by Gasteiger charge is -2.35. The summed E-state index contributed by atoms with van der Waals surface area (Å²) in [6.07, 6.45) is 0.938. The molecular weight excluding hydrogens is 236 g/mol. The Morgan fingerprint density at radius 1 is 1.16 bits per heavy atom. The van der Waals surface area contributed by atoms with E-state index < -0.39 is 0 Å². The highest BCUT2D eigenvalue weighted by molar-refractivity contribution is 5.29. The fourth-order valence-corrected chi connectivity index (χ4v) is 2.82. The van der Waals surface area contributed by atoms with Crippen LogP contribution in [0.4, 0.5) is 0 Å². The van der Waals surface area contributed by atoms with Gasteiger partial charge in [0.15, 0.2) is 0 Å². The van der Waals surface area contributed by atoms with Gasteiger partial charge in [0.25, 0.3) is 0 Å². The monoisotopic (exact) mass is 264 g/mol. The summed E-state index contributed by atoms with van der Waals surface area (Å²) in [7, 11) is 1.75. The lowest BCUT2D eigenvalue weighted by Crippen LogP contribution is -2.51. The van der Waals surface area contributed by atoms with Gasteiger partial charge in [-0.2, -0.15) is 0 Å². The third-order valence-electron chi connectivity index (χ3n) is 3.42. The van der Waals surface area contributed by atoms with E-state index in [-0.39, 0.29) is 17.6 Å². The van der Waals surface area contributed by atoms with Crippen molar-refractivity contribution >= 4 is 0 Å². The molecule has 1 aromatic carbocycles. The van der Waals surface area contributed by atoms with Crippen LogP contribution in [0.5, 0.6) is 0 Å². The van der Waals surface area contributed by atoms with Crippen LogP contribution in [0.15, 0.2) is 18.2 Å². The largest absolute Gasteiger partial charge is 0.379 e. The van der Waals surface area contributed by atoms with Gasteiger partial charge < -0.3 is 4.74 Å². The normalized spacial score (nSPS) is 15.3. The number of rotatable bonds is 5. The van der Waals surface area contributed by atoms with Crippen LogP contribution in [0.1, 0.15) is 37.5 Å². The van der Waals surface area contributed by atoms with Crippen molar-refractivity contribution in [2.75, 3.05) is 7.11 Å². The van der Waals surface area contributed by atoms with E-state index in [1.807, 2.05) is 0 Å². The molecule has 0 aromatic heterocycles. The number of nitrogens with two attached hydrogens (primary N) is 1. The number of hydrogen-bond donors (Lipinski definition) is 2. The van der Waals surface area contributed by atoms with Crippen LogP contribution < -0.4 is 11.3 Å². The Labute approximate surface area is 117 Å². The number of aryl methyl sites for hydroxylation is 2. The summed E-state index contributed by atoms with van der Waals surface area (Å²) in [6, 6.07) is 6.72. The molecule has 0 amide bonds. The fraction of sp³-hybridized carbons (Fsp3) is 0.625. The zero-order valence-corrected chi connectivity index (χ0v) is 13.1. The molecule has 1 aromatic rings. The molecule has 19 heavy (non-hydrogen) atoms. The summed E-state index contributed by atoms with van der Waals surface area (Å²) in [5.74, 6) is 5.74. The Hall–Kier alpha value is -0.900. The molecule has 0 saturated heterocycles. The van der Waals surface area contributed by atoms with E-state index in [0.717, 1.165) is 6.42 Å². The Morgan fingerprint density at radius 2 is 1.68 bits per heavy atom. The van der Waals surface area contributed by atoms with Gasteiger partial charge in [0.05, 0.1) is 12.1 Å². The summed E-state index contributed by atoms with van der Waals surface area (Å²) in [6.45, 7) is 10.8. The van der Waals surface area contributed by atoms with E-state index >= 15 is 0 Å². The minimum absolute atomic E-state index is 0.0463. The van der Waals surface area contributed by atoms with Gasteiger partial charge in [0, 0.05) is 7.11 Å². The number of hydrogen-bond acceptors (Lipinski definition) is 3. The van der Waals surface area contributed by atoms with Crippen LogP contribution in [0.25, 0.3) is 0 Å². The van der Waals surface area contributed by atoms with E-state index in [2.05, 4.69) is 58.2 Å². The summed E-state index contributed by atoms with van der Waals surface area (Å²) in [5.41, 5.74) is 6.84. The van der Waals surface area contributed by atoms with Crippen LogP contribution >= 0.6 is 0 Å². The maximum atomic E-state index is 5.74. The highest BCUT2D eigenvalue weighted by atomic mass is 16.5. The molecule has 0 aliphatic heterocycles. The van der Waals surface area contributed by atoms with Crippen molar-refractivity contribution in [2.45, 2.75) is 53.2 Å². The summed E-state index contributed by atoms with van der Waals surface area (Å²) >= 11 is 0. The van der Waals surface area contributed by atoms with Crippen LogP contribution in [0.3, 0.4) is 0 Å². The first-order chi connectivity index (χ1) is 8.77. The summed E-state index contributed by atoms with van der Waals surface area (Å²) < 4.78 is 5.66. The SMILES string of the molecule is COC(C(Cc1cc(C)cc(C)c1)NN)C(C)(C)C. The van der Waals surface area contributed by atoms with Crippen molar-refractivity contribution in [2.24, 2.45) is 11.3 Å². The first-order valence-corrected chi connectivity index (χ1v) is 6.84. The molecule has 0 bridgehead atoms. The fourth-order valence-electron chi connectivity index (χ4n) is 2.82. The third kappa shape index (κ3) is 4.60. The Kier molecular flexibility index (Phi) is 5.53. The number of benzene rings is 1. The van der Waals surface area contributed by atoms with Crippen molar-refractivity contribution < 1.29 is 4.74 Å². The molecule has 0 saturated carbocycles.